The van der Waals surface area contributed by atoms with Crippen LogP contribution in [0.1, 0.15) is 77.7 Å². The second kappa shape index (κ2) is 10.1. The first kappa shape index (κ1) is 19.3. The van der Waals surface area contributed by atoms with Gasteiger partial charge in [-0.05, 0) is 35.7 Å². The van der Waals surface area contributed by atoms with Crippen molar-refractivity contribution in [3.8, 4) is 0 Å². The molecule has 1 aromatic rings. The zero-order valence-corrected chi connectivity index (χ0v) is 14.6. The van der Waals surface area contributed by atoms with Gasteiger partial charge in [-0.15, -0.1) is 0 Å². The number of aryl methyl sites for hydroxylation is 1. The SMILES string of the molecule is CC(C)(C)CCCCCCCCCc1ccc(B(O)O)cc1. The van der Waals surface area contributed by atoms with Crippen molar-refractivity contribution in [3.05, 3.63) is 29.8 Å². The van der Waals surface area contributed by atoms with Gasteiger partial charge in [0.15, 0.2) is 0 Å². The van der Waals surface area contributed by atoms with E-state index in [4.69, 9.17) is 10.0 Å². The Hall–Kier alpha value is -0.795. The summed E-state index contributed by atoms with van der Waals surface area (Å²) in [5.74, 6) is 0. The number of hydrogen-bond acceptors (Lipinski definition) is 2. The minimum atomic E-state index is -1.35. The maximum Gasteiger partial charge on any atom is 0.488 e. The van der Waals surface area contributed by atoms with E-state index < -0.39 is 7.12 Å². The Morgan fingerprint density at radius 1 is 0.773 bits per heavy atom. The van der Waals surface area contributed by atoms with Crippen LogP contribution in [0.4, 0.5) is 0 Å². The van der Waals surface area contributed by atoms with Crippen molar-refractivity contribution >= 4 is 12.6 Å². The molecule has 0 aromatic heterocycles. The van der Waals surface area contributed by atoms with Crippen LogP contribution >= 0.6 is 0 Å². The standard InChI is InChI=1S/C19H33BO2/c1-19(2,3)16-10-8-6-4-5-7-9-11-17-12-14-18(15-13-17)20(21)22/h12-15,21-22H,4-11,16H2,1-3H3. The highest BCUT2D eigenvalue weighted by molar-refractivity contribution is 6.58. The lowest BCUT2D eigenvalue weighted by Gasteiger charge is -2.17. The molecule has 0 aliphatic rings. The number of benzene rings is 1. The molecule has 0 bridgehead atoms. The number of rotatable bonds is 10. The highest BCUT2D eigenvalue weighted by atomic mass is 16.4. The molecule has 0 aliphatic carbocycles. The quantitative estimate of drug-likeness (QED) is 0.505. The summed E-state index contributed by atoms with van der Waals surface area (Å²) < 4.78 is 0. The maximum absolute atomic E-state index is 9.05. The summed E-state index contributed by atoms with van der Waals surface area (Å²) in [6.07, 6.45) is 11.8. The molecule has 124 valence electrons. The molecule has 22 heavy (non-hydrogen) atoms. The zero-order valence-electron chi connectivity index (χ0n) is 14.6. The molecule has 0 aliphatic heterocycles. The first-order valence-electron chi connectivity index (χ1n) is 8.83. The van der Waals surface area contributed by atoms with Crippen LogP contribution in [0.3, 0.4) is 0 Å². The molecule has 1 rings (SSSR count). The molecule has 0 unspecified atom stereocenters. The van der Waals surface area contributed by atoms with E-state index in [0.29, 0.717) is 10.9 Å². The molecule has 0 radical (unpaired) electrons. The Kier molecular flexibility index (Phi) is 8.81. The number of hydrogen-bond donors (Lipinski definition) is 2. The van der Waals surface area contributed by atoms with Gasteiger partial charge in [0, 0.05) is 0 Å². The average molecular weight is 304 g/mol. The molecular weight excluding hydrogens is 271 g/mol. The summed E-state index contributed by atoms with van der Waals surface area (Å²) in [6.45, 7) is 6.96. The zero-order chi connectivity index (χ0) is 16.4. The van der Waals surface area contributed by atoms with E-state index in [0.717, 1.165) is 6.42 Å². The third kappa shape index (κ3) is 9.27. The van der Waals surface area contributed by atoms with Gasteiger partial charge in [-0.2, -0.15) is 0 Å². The van der Waals surface area contributed by atoms with Crippen LogP contribution in [0, 0.1) is 5.41 Å². The molecule has 2 N–H and O–H groups in total. The maximum atomic E-state index is 9.05. The van der Waals surface area contributed by atoms with Crippen LogP contribution in [0.25, 0.3) is 0 Å². The van der Waals surface area contributed by atoms with Gasteiger partial charge < -0.3 is 10.0 Å². The fourth-order valence-corrected chi connectivity index (χ4v) is 2.72. The Morgan fingerprint density at radius 3 is 1.77 bits per heavy atom. The van der Waals surface area contributed by atoms with Gasteiger partial charge in [0.1, 0.15) is 0 Å². The predicted molar refractivity (Wildman–Crippen MR) is 96.4 cm³/mol. The van der Waals surface area contributed by atoms with E-state index >= 15 is 0 Å². The van der Waals surface area contributed by atoms with Gasteiger partial charge in [-0.25, -0.2) is 0 Å². The van der Waals surface area contributed by atoms with E-state index in [1.165, 1.54) is 56.9 Å². The van der Waals surface area contributed by atoms with E-state index in [2.05, 4.69) is 20.8 Å². The van der Waals surface area contributed by atoms with Crippen molar-refractivity contribution in [2.24, 2.45) is 5.41 Å². The first-order chi connectivity index (χ1) is 10.4. The summed E-state index contributed by atoms with van der Waals surface area (Å²) in [7, 11) is -1.35. The molecule has 3 heteroatoms. The van der Waals surface area contributed by atoms with E-state index in [1.807, 2.05) is 12.1 Å². The summed E-state index contributed by atoms with van der Waals surface area (Å²) >= 11 is 0. The fraction of sp³-hybridized carbons (Fsp3) is 0.684. The van der Waals surface area contributed by atoms with Crippen molar-refractivity contribution in [2.45, 2.75) is 78.6 Å². The van der Waals surface area contributed by atoms with Crippen LogP contribution in [0.2, 0.25) is 0 Å². The van der Waals surface area contributed by atoms with Crippen molar-refractivity contribution in [1.29, 1.82) is 0 Å². The first-order valence-corrected chi connectivity index (χ1v) is 8.83. The van der Waals surface area contributed by atoms with Gasteiger partial charge in [0.25, 0.3) is 0 Å². The Balaban J connectivity index is 1.99. The Bertz CT molecular complexity index is 393. The second-order valence-corrected chi connectivity index (χ2v) is 7.65. The lowest BCUT2D eigenvalue weighted by molar-refractivity contribution is 0.356. The minimum absolute atomic E-state index is 0.488. The van der Waals surface area contributed by atoms with Gasteiger partial charge in [0.2, 0.25) is 0 Å². The highest BCUT2D eigenvalue weighted by Crippen LogP contribution is 2.22. The largest absolute Gasteiger partial charge is 0.488 e. The van der Waals surface area contributed by atoms with Crippen LogP contribution in [0.15, 0.2) is 24.3 Å². The minimum Gasteiger partial charge on any atom is -0.423 e. The third-order valence-electron chi connectivity index (χ3n) is 4.17. The summed E-state index contributed by atoms with van der Waals surface area (Å²) in [5, 5.41) is 18.1. The molecule has 0 spiro atoms. The second-order valence-electron chi connectivity index (χ2n) is 7.65. The molecular formula is C19H33BO2. The van der Waals surface area contributed by atoms with E-state index in [9.17, 15) is 0 Å². The molecule has 0 amide bonds. The monoisotopic (exact) mass is 304 g/mol. The average Bonchev–Trinajstić information content (AvgIpc) is 2.45. The van der Waals surface area contributed by atoms with Gasteiger partial charge in [-0.1, -0.05) is 83.6 Å². The summed E-state index contributed by atoms with van der Waals surface area (Å²) in [4.78, 5) is 0. The Labute approximate surface area is 137 Å². The highest BCUT2D eigenvalue weighted by Gasteiger charge is 2.09. The lowest BCUT2D eigenvalue weighted by atomic mass is 9.80. The predicted octanol–water partition coefficient (Wildman–Crippen LogP) is 4.08. The number of unbranched alkanes of at least 4 members (excludes halogenated alkanes) is 6. The Morgan fingerprint density at radius 2 is 1.27 bits per heavy atom. The summed E-state index contributed by atoms with van der Waals surface area (Å²) in [5.41, 5.74) is 2.34. The smallest absolute Gasteiger partial charge is 0.423 e. The van der Waals surface area contributed by atoms with Gasteiger partial charge in [-0.3, -0.25) is 0 Å². The van der Waals surface area contributed by atoms with Crippen molar-refractivity contribution in [1.82, 2.24) is 0 Å². The molecule has 0 saturated heterocycles. The van der Waals surface area contributed by atoms with E-state index in [1.54, 1.807) is 12.1 Å². The lowest BCUT2D eigenvalue weighted by Crippen LogP contribution is -2.29. The van der Waals surface area contributed by atoms with Crippen molar-refractivity contribution in [3.63, 3.8) is 0 Å². The molecule has 2 nitrogen and oxygen atoms in total. The van der Waals surface area contributed by atoms with Crippen LogP contribution < -0.4 is 5.46 Å². The summed E-state index contributed by atoms with van der Waals surface area (Å²) in [6, 6.07) is 7.60. The molecule has 0 heterocycles. The van der Waals surface area contributed by atoms with Crippen LogP contribution in [-0.2, 0) is 6.42 Å². The topological polar surface area (TPSA) is 40.5 Å². The normalized spacial score (nSPS) is 11.7. The van der Waals surface area contributed by atoms with Gasteiger partial charge in [0.05, 0.1) is 0 Å². The molecule has 0 fully saturated rings. The fourth-order valence-electron chi connectivity index (χ4n) is 2.72. The van der Waals surface area contributed by atoms with Crippen molar-refractivity contribution < 1.29 is 10.0 Å². The molecule has 1 aromatic carbocycles. The van der Waals surface area contributed by atoms with Crippen LogP contribution in [-0.4, -0.2) is 17.2 Å². The molecule has 0 saturated carbocycles. The van der Waals surface area contributed by atoms with Crippen molar-refractivity contribution in [2.75, 3.05) is 0 Å². The van der Waals surface area contributed by atoms with Crippen LogP contribution in [0.5, 0.6) is 0 Å². The third-order valence-corrected chi connectivity index (χ3v) is 4.17. The molecule has 0 atom stereocenters. The van der Waals surface area contributed by atoms with Gasteiger partial charge >= 0.3 is 7.12 Å². The van der Waals surface area contributed by atoms with E-state index in [-0.39, 0.29) is 0 Å².